The molecule has 0 saturated heterocycles. The number of ether oxygens (including phenoxy) is 1. The molecule has 1 aliphatic carbocycles. The number of aryl methyl sites for hydroxylation is 1. The average Bonchev–Trinajstić information content (AvgIpc) is 3.32. The summed E-state index contributed by atoms with van der Waals surface area (Å²) >= 11 is 11.5. The predicted octanol–water partition coefficient (Wildman–Crippen LogP) is 3.90. The van der Waals surface area contributed by atoms with E-state index >= 15 is 0 Å². The van der Waals surface area contributed by atoms with Crippen LogP contribution in [0.1, 0.15) is 24.0 Å². The van der Waals surface area contributed by atoms with Crippen LogP contribution in [-0.4, -0.2) is 31.9 Å². The third kappa shape index (κ3) is 3.51. The van der Waals surface area contributed by atoms with Crippen LogP contribution in [0.2, 0.25) is 5.02 Å². The first-order valence-corrected chi connectivity index (χ1v) is 11.0. The van der Waals surface area contributed by atoms with Crippen LogP contribution in [0.3, 0.4) is 0 Å². The van der Waals surface area contributed by atoms with Crippen molar-refractivity contribution in [1.29, 1.82) is 0 Å². The van der Waals surface area contributed by atoms with E-state index in [9.17, 15) is 8.42 Å². The molecule has 144 valence electrons. The number of nitrogens with two attached hydrogens (primary N) is 1. The highest BCUT2D eigenvalue weighted by atomic mass is 35.5. The van der Waals surface area contributed by atoms with Gasteiger partial charge < -0.3 is 10.5 Å². The number of thiocarbonyl (C=S) groups is 1. The normalized spacial score (nSPS) is 24.6. The van der Waals surface area contributed by atoms with Crippen molar-refractivity contribution in [3.63, 3.8) is 0 Å². The first-order chi connectivity index (χ1) is 12.7. The van der Waals surface area contributed by atoms with Crippen LogP contribution in [0.25, 0.3) is 0 Å². The zero-order valence-electron chi connectivity index (χ0n) is 15.2. The molecule has 0 spiro atoms. The average molecular weight is 424 g/mol. The molecule has 2 aromatic rings. The van der Waals surface area contributed by atoms with Gasteiger partial charge in [-0.2, -0.15) is 0 Å². The maximum Gasteiger partial charge on any atom is 0.182 e. The van der Waals surface area contributed by atoms with Crippen molar-refractivity contribution in [1.82, 2.24) is 0 Å². The van der Waals surface area contributed by atoms with Crippen LogP contribution in [0.15, 0.2) is 53.4 Å². The Morgan fingerprint density at radius 2 is 1.93 bits per heavy atom. The quantitative estimate of drug-likeness (QED) is 0.684. The van der Waals surface area contributed by atoms with Crippen molar-refractivity contribution >= 4 is 38.6 Å². The lowest BCUT2D eigenvalue weighted by atomic mass is 10.00. The number of rotatable bonds is 7. The van der Waals surface area contributed by atoms with Gasteiger partial charge in [-0.1, -0.05) is 53.6 Å². The number of sulfone groups is 1. The Hall–Kier alpha value is -1.47. The van der Waals surface area contributed by atoms with Crippen LogP contribution >= 0.6 is 23.8 Å². The summed E-state index contributed by atoms with van der Waals surface area (Å²) in [6, 6.07) is 14.0. The van der Waals surface area contributed by atoms with E-state index in [4.69, 9.17) is 34.3 Å². The molecule has 0 heterocycles. The predicted molar refractivity (Wildman–Crippen MR) is 112 cm³/mol. The fraction of sp³-hybridized carbons (Fsp3) is 0.350. The van der Waals surface area contributed by atoms with Crippen molar-refractivity contribution in [2.45, 2.75) is 29.9 Å². The lowest BCUT2D eigenvalue weighted by molar-refractivity contribution is 0.121. The van der Waals surface area contributed by atoms with Gasteiger partial charge >= 0.3 is 0 Å². The maximum atomic E-state index is 13.5. The molecule has 3 atom stereocenters. The minimum Gasteiger partial charge on any atom is -0.393 e. The zero-order valence-corrected chi connectivity index (χ0v) is 17.6. The highest BCUT2D eigenvalue weighted by molar-refractivity contribution is 7.92. The summed E-state index contributed by atoms with van der Waals surface area (Å²) in [6.07, 6.45) is 0. The molecule has 7 heteroatoms. The molecule has 0 radical (unpaired) electrons. The second kappa shape index (κ2) is 7.51. The van der Waals surface area contributed by atoms with E-state index in [1.165, 1.54) is 0 Å². The maximum absolute atomic E-state index is 13.5. The first-order valence-electron chi connectivity index (χ1n) is 8.69. The molecule has 0 aromatic heterocycles. The molecule has 2 aromatic carbocycles. The van der Waals surface area contributed by atoms with Gasteiger partial charge in [0, 0.05) is 17.5 Å². The molecule has 2 N–H and O–H groups in total. The molecule has 1 fully saturated rings. The number of hydrogen-bond donors (Lipinski definition) is 1. The smallest absolute Gasteiger partial charge is 0.182 e. The highest BCUT2D eigenvalue weighted by Gasteiger charge is 2.73. The van der Waals surface area contributed by atoms with E-state index in [-0.39, 0.29) is 16.5 Å². The van der Waals surface area contributed by atoms with Gasteiger partial charge in [0.1, 0.15) is 0 Å². The monoisotopic (exact) mass is 423 g/mol. The van der Waals surface area contributed by atoms with Crippen LogP contribution in [0, 0.1) is 12.3 Å². The van der Waals surface area contributed by atoms with Crippen molar-refractivity contribution in [2.24, 2.45) is 11.1 Å². The minimum atomic E-state index is -3.67. The first kappa shape index (κ1) is 20.3. The van der Waals surface area contributed by atoms with Gasteiger partial charge in [-0.3, -0.25) is 0 Å². The van der Waals surface area contributed by atoms with Gasteiger partial charge in [0.05, 0.1) is 27.2 Å². The summed E-state index contributed by atoms with van der Waals surface area (Å²) in [5, 5.41) is -0.241. The summed E-state index contributed by atoms with van der Waals surface area (Å²) in [5.41, 5.74) is 6.93. The Balaban J connectivity index is 2.12. The topological polar surface area (TPSA) is 69.4 Å². The van der Waals surface area contributed by atoms with Crippen LogP contribution < -0.4 is 5.73 Å². The van der Waals surface area contributed by atoms with Gasteiger partial charge in [-0.25, -0.2) is 8.42 Å². The lowest BCUT2D eigenvalue weighted by Gasteiger charge is -2.17. The molecule has 0 bridgehead atoms. The van der Waals surface area contributed by atoms with Crippen LogP contribution in [0.5, 0.6) is 0 Å². The van der Waals surface area contributed by atoms with E-state index in [2.05, 4.69) is 0 Å². The Morgan fingerprint density at radius 1 is 1.26 bits per heavy atom. The Bertz CT molecular complexity index is 959. The molecule has 0 unspecified atom stereocenters. The largest absolute Gasteiger partial charge is 0.393 e. The molecular weight excluding hydrogens is 402 g/mol. The van der Waals surface area contributed by atoms with Gasteiger partial charge in [-0.15, -0.1) is 0 Å². The van der Waals surface area contributed by atoms with Gasteiger partial charge in [0.2, 0.25) is 0 Å². The van der Waals surface area contributed by atoms with Crippen molar-refractivity contribution in [3.8, 4) is 0 Å². The van der Waals surface area contributed by atoms with Crippen molar-refractivity contribution < 1.29 is 13.2 Å². The number of hydrogen-bond acceptors (Lipinski definition) is 4. The van der Waals surface area contributed by atoms with E-state index in [1.807, 2.05) is 19.9 Å². The Morgan fingerprint density at radius 3 is 2.48 bits per heavy atom. The summed E-state index contributed by atoms with van der Waals surface area (Å²) in [5.74, 6) is -0.397. The summed E-state index contributed by atoms with van der Waals surface area (Å²) in [7, 11) is -3.67. The fourth-order valence-corrected chi connectivity index (χ4v) is 6.68. The molecule has 4 nitrogen and oxygen atoms in total. The second-order valence-electron chi connectivity index (χ2n) is 6.85. The van der Waals surface area contributed by atoms with Gasteiger partial charge in [0.25, 0.3) is 0 Å². The standard InChI is InChI=1S/C20H22ClNO3S2/c1-3-25-12-20(19(22)26)17(14-5-4-6-15(21)11-14)18(20)27(23,24)16-9-7-13(2)8-10-16/h4-11,17-18H,3,12H2,1-2H3,(H2,22,26)/t17-,18+,20+/m1/s1. The molecule has 27 heavy (non-hydrogen) atoms. The molecule has 0 amide bonds. The number of benzene rings is 2. The molecule has 1 aliphatic rings. The third-order valence-electron chi connectivity index (χ3n) is 5.15. The fourth-order valence-electron chi connectivity index (χ4n) is 3.72. The highest BCUT2D eigenvalue weighted by Crippen LogP contribution is 2.64. The summed E-state index contributed by atoms with van der Waals surface area (Å²) in [6.45, 7) is 4.37. The molecular formula is C20H22ClNO3S2. The SMILES string of the molecule is CCOC[C@]1(C(N)=S)[C@H](c2cccc(Cl)c2)[C@@H]1S(=O)(=O)c1ccc(C)cc1. The van der Waals surface area contributed by atoms with Crippen LogP contribution in [0.4, 0.5) is 0 Å². The van der Waals surface area contributed by atoms with Crippen molar-refractivity contribution in [2.75, 3.05) is 13.2 Å². The zero-order chi connectivity index (χ0) is 19.8. The van der Waals surface area contributed by atoms with E-state index in [1.54, 1.807) is 42.5 Å². The Kier molecular flexibility index (Phi) is 5.64. The van der Waals surface area contributed by atoms with E-state index < -0.39 is 26.4 Å². The molecule has 0 aliphatic heterocycles. The summed E-state index contributed by atoms with van der Waals surface area (Å²) < 4.78 is 32.5. The minimum absolute atomic E-state index is 0.154. The summed E-state index contributed by atoms with van der Waals surface area (Å²) in [4.78, 5) is 0.418. The van der Waals surface area contributed by atoms with Crippen molar-refractivity contribution in [3.05, 3.63) is 64.7 Å². The molecule has 1 saturated carbocycles. The van der Waals surface area contributed by atoms with E-state index in [0.717, 1.165) is 11.1 Å². The van der Waals surface area contributed by atoms with Gasteiger partial charge in [-0.05, 0) is 43.7 Å². The third-order valence-corrected chi connectivity index (χ3v) is 8.06. The van der Waals surface area contributed by atoms with Crippen LogP contribution in [-0.2, 0) is 14.6 Å². The Labute approximate surface area is 170 Å². The lowest BCUT2D eigenvalue weighted by Crippen LogP contribution is -2.33. The van der Waals surface area contributed by atoms with Gasteiger partial charge in [0.15, 0.2) is 9.84 Å². The molecule has 3 rings (SSSR count). The number of halogens is 1. The van der Waals surface area contributed by atoms with E-state index in [0.29, 0.717) is 11.6 Å². The second-order valence-corrected chi connectivity index (χ2v) is 9.80.